The van der Waals surface area contributed by atoms with Crippen molar-refractivity contribution in [3.63, 3.8) is 0 Å². The molecule has 1 amide bonds. The van der Waals surface area contributed by atoms with Crippen molar-refractivity contribution in [2.75, 3.05) is 31.0 Å². The molecule has 3 rings (SSSR count). The summed E-state index contributed by atoms with van der Waals surface area (Å²) in [6.07, 6.45) is -0.263. The van der Waals surface area contributed by atoms with Crippen LogP contribution < -0.4 is 21.6 Å². The Balaban J connectivity index is 1.94. The highest BCUT2D eigenvalue weighted by Crippen LogP contribution is 2.30. The molecule has 0 saturated carbocycles. The number of nitrogen functional groups attached to an aromatic ring is 1. The zero-order valence-electron chi connectivity index (χ0n) is 17.5. The molecule has 3 aromatic rings. The lowest BCUT2D eigenvalue weighted by Gasteiger charge is -2.16. The van der Waals surface area contributed by atoms with E-state index in [-0.39, 0.29) is 12.6 Å². The molecule has 2 aromatic heterocycles. The average Bonchev–Trinajstić information content (AvgIpc) is 3.04. The third-order valence-corrected chi connectivity index (χ3v) is 4.28. The number of nitrogens with zero attached hydrogens (tertiary/aromatic N) is 3. The number of rotatable bonds is 10. The molecule has 30 heavy (non-hydrogen) atoms. The lowest BCUT2D eigenvalue weighted by molar-refractivity contribution is 0.127. The highest BCUT2D eigenvalue weighted by atomic mass is 16.5. The summed E-state index contributed by atoms with van der Waals surface area (Å²) in [6, 6.07) is 5.81. The summed E-state index contributed by atoms with van der Waals surface area (Å²) in [7, 11) is 0. The molecular weight excluding hydrogens is 388 g/mol. The van der Waals surface area contributed by atoms with Gasteiger partial charge in [-0.25, -0.2) is 19.4 Å². The van der Waals surface area contributed by atoms with Gasteiger partial charge in [-0.15, -0.1) is 0 Å². The predicted octanol–water partition coefficient (Wildman–Crippen LogP) is 2.52. The predicted molar refractivity (Wildman–Crippen MR) is 115 cm³/mol. The van der Waals surface area contributed by atoms with E-state index >= 15 is 0 Å². The molecule has 0 atom stereocenters. The summed E-state index contributed by atoms with van der Waals surface area (Å²) >= 11 is 0. The number of nitrogens with one attached hydrogen (secondary N) is 1. The van der Waals surface area contributed by atoms with Gasteiger partial charge >= 0.3 is 6.09 Å². The van der Waals surface area contributed by atoms with Gasteiger partial charge in [0.1, 0.15) is 23.4 Å². The molecule has 0 saturated heterocycles. The van der Waals surface area contributed by atoms with Crippen LogP contribution >= 0.6 is 0 Å². The number of carbonyl (C=O) groups is 1. The van der Waals surface area contributed by atoms with Gasteiger partial charge in [0.15, 0.2) is 11.6 Å². The molecule has 0 bridgehead atoms. The topological polar surface area (TPSA) is 140 Å². The second-order valence-electron chi connectivity index (χ2n) is 7.03. The first-order chi connectivity index (χ1) is 14.4. The molecule has 0 unspecified atom stereocenters. The van der Waals surface area contributed by atoms with Crippen LogP contribution in [0.3, 0.4) is 0 Å². The number of pyridine rings is 1. The molecule has 2 heterocycles. The van der Waals surface area contributed by atoms with E-state index in [1.165, 1.54) is 0 Å². The number of hydrogen-bond acceptors (Lipinski definition) is 8. The van der Waals surface area contributed by atoms with Crippen LogP contribution in [0.25, 0.3) is 21.9 Å². The van der Waals surface area contributed by atoms with E-state index in [4.69, 9.17) is 25.7 Å². The molecule has 5 N–H and O–H groups in total. The van der Waals surface area contributed by atoms with E-state index in [2.05, 4.69) is 29.2 Å². The Kier molecular flexibility index (Phi) is 6.78. The van der Waals surface area contributed by atoms with Crippen LogP contribution in [0.4, 0.5) is 10.6 Å². The lowest BCUT2D eigenvalue weighted by Crippen LogP contribution is -2.24. The third kappa shape index (κ3) is 4.82. The zero-order chi connectivity index (χ0) is 21.7. The fraction of sp³-hybridized carbons (Fsp3) is 0.450. The number of nitrogens with two attached hydrogens (primary N) is 2. The van der Waals surface area contributed by atoms with Gasteiger partial charge in [-0.3, -0.25) is 0 Å². The standard InChI is InChI=1S/C20H28N6O4/c1-4-28-11-16-24-17-18(26(16)25-12(2)3)14-7-6-13(10-15(14)23-19(17)21)29-8-5-9-30-20(22)27/h6-7,10,12,25H,4-5,8-9,11H2,1-3H3,(H2,21,23)(H2,22,27). The maximum atomic E-state index is 10.6. The van der Waals surface area contributed by atoms with Gasteiger partial charge in [0.25, 0.3) is 0 Å². The molecule has 10 heteroatoms. The molecular formula is C20H28N6O4. The number of primary amides is 1. The van der Waals surface area contributed by atoms with Crippen molar-refractivity contribution < 1.29 is 19.0 Å². The summed E-state index contributed by atoms with van der Waals surface area (Å²) in [5.74, 6) is 1.72. The van der Waals surface area contributed by atoms with Gasteiger partial charge < -0.3 is 31.1 Å². The van der Waals surface area contributed by atoms with Gasteiger partial charge in [0, 0.05) is 30.5 Å². The van der Waals surface area contributed by atoms with Crippen LogP contribution in [-0.2, 0) is 16.1 Å². The molecule has 162 valence electrons. The molecule has 0 radical (unpaired) electrons. The number of benzene rings is 1. The van der Waals surface area contributed by atoms with Crippen LogP contribution in [0.5, 0.6) is 5.75 Å². The first kappa shape index (κ1) is 21.4. The Hall–Kier alpha value is -3.27. The summed E-state index contributed by atoms with van der Waals surface area (Å²) in [4.78, 5) is 19.8. The van der Waals surface area contributed by atoms with Crippen molar-refractivity contribution in [3.05, 3.63) is 24.0 Å². The van der Waals surface area contributed by atoms with Crippen molar-refractivity contribution in [3.8, 4) is 5.75 Å². The molecule has 0 aliphatic rings. The van der Waals surface area contributed by atoms with Gasteiger partial charge in [0.2, 0.25) is 0 Å². The van der Waals surface area contributed by atoms with E-state index in [0.29, 0.717) is 48.8 Å². The number of aromatic nitrogens is 3. The Bertz CT molecular complexity index is 1030. The smallest absolute Gasteiger partial charge is 0.404 e. The van der Waals surface area contributed by atoms with Gasteiger partial charge in [-0.2, -0.15) is 0 Å². The minimum Gasteiger partial charge on any atom is -0.493 e. The van der Waals surface area contributed by atoms with E-state index in [1.807, 2.05) is 29.8 Å². The summed E-state index contributed by atoms with van der Waals surface area (Å²) in [5.41, 5.74) is 16.7. The molecule has 0 fully saturated rings. The van der Waals surface area contributed by atoms with Crippen molar-refractivity contribution in [1.82, 2.24) is 14.6 Å². The maximum absolute atomic E-state index is 10.6. The number of ether oxygens (including phenoxy) is 3. The number of carbonyl (C=O) groups excluding carboxylic acids is 1. The minimum absolute atomic E-state index is 0.178. The van der Waals surface area contributed by atoms with Crippen molar-refractivity contribution in [2.24, 2.45) is 5.73 Å². The van der Waals surface area contributed by atoms with Crippen molar-refractivity contribution >= 4 is 33.8 Å². The van der Waals surface area contributed by atoms with E-state index in [0.717, 1.165) is 16.7 Å². The lowest BCUT2D eigenvalue weighted by atomic mass is 10.2. The second-order valence-corrected chi connectivity index (χ2v) is 7.03. The first-order valence-corrected chi connectivity index (χ1v) is 9.90. The number of anilines is 1. The highest BCUT2D eigenvalue weighted by Gasteiger charge is 2.18. The van der Waals surface area contributed by atoms with Crippen molar-refractivity contribution in [1.29, 1.82) is 0 Å². The van der Waals surface area contributed by atoms with Crippen molar-refractivity contribution in [2.45, 2.75) is 39.8 Å². The average molecular weight is 416 g/mol. The molecule has 0 aliphatic carbocycles. The van der Waals surface area contributed by atoms with E-state index < -0.39 is 6.09 Å². The number of fused-ring (bicyclic) bond motifs is 3. The normalized spacial score (nSPS) is 11.3. The molecule has 0 aliphatic heterocycles. The van der Waals surface area contributed by atoms with Crippen LogP contribution in [0.15, 0.2) is 18.2 Å². The van der Waals surface area contributed by atoms with Gasteiger partial charge in [-0.1, -0.05) is 0 Å². The van der Waals surface area contributed by atoms with E-state index in [9.17, 15) is 4.79 Å². The van der Waals surface area contributed by atoms with Crippen LogP contribution in [-0.4, -0.2) is 46.6 Å². The van der Waals surface area contributed by atoms with E-state index in [1.54, 1.807) is 0 Å². The largest absolute Gasteiger partial charge is 0.493 e. The maximum Gasteiger partial charge on any atom is 0.404 e. The van der Waals surface area contributed by atoms with Crippen LogP contribution in [0, 0.1) is 0 Å². The summed E-state index contributed by atoms with van der Waals surface area (Å²) in [6.45, 7) is 7.58. The zero-order valence-corrected chi connectivity index (χ0v) is 17.5. The number of imidazole rings is 1. The fourth-order valence-corrected chi connectivity index (χ4v) is 3.08. The van der Waals surface area contributed by atoms with Gasteiger partial charge in [-0.05, 0) is 32.9 Å². The minimum atomic E-state index is -0.792. The van der Waals surface area contributed by atoms with Crippen LogP contribution in [0.2, 0.25) is 0 Å². The van der Waals surface area contributed by atoms with Gasteiger partial charge in [0.05, 0.1) is 18.7 Å². The quantitative estimate of drug-likeness (QED) is 0.428. The Morgan fingerprint density at radius 1 is 1.27 bits per heavy atom. The Morgan fingerprint density at radius 2 is 2.07 bits per heavy atom. The fourth-order valence-electron chi connectivity index (χ4n) is 3.08. The second kappa shape index (κ2) is 9.49. The molecule has 10 nitrogen and oxygen atoms in total. The summed E-state index contributed by atoms with van der Waals surface area (Å²) in [5, 5.41) is 0.895. The summed E-state index contributed by atoms with van der Waals surface area (Å²) < 4.78 is 17.9. The first-order valence-electron chi connectivity index (χ1n) is 9.90. The molecule has 1 aromatic carbocycles. The van der Waals surface area contributed by atoms with Crippen LogP contribution in [0.1, 0.15) is 33.0 Å². The SMILES string of the molecule is CCOCc1nc2c(N)nc3cc(OCCCOC(N)=O)ccc3c2n1NC(C)C. The third-order valence-electron chi connectivity index (χ3n) is 4.28. The monoisotopic (exact) mass is 416 g/mol. The Labute approximate surface area is 174 Å². The number of amides is 1. The number of hydrogen-bond donors (Lipinski definition) is 3. The molecule has 0 spiro atoms. The Morgan fingerprint density at radius 3 is 2.77 bits per heavy atom. The highest BCUT2D eigenvalue weighted by molar-refractivity contribution is 6.07.